The second kappa shape index (κ2) is 9.05. The molecule has 0 N–H and O–H groups in total. The first-order valence-electron chi connectivity index (χ1n) is 9.86. The van der Waals surface area contributed by atoms with E-state index in [1.54, 1.807) is 11.8 Å². The van der Waals surface area contributed by atoms with Gasteiger partial charge in [-0.3, -0.25) is 14.5 Å². The van der Waals surface area contributed by atoms with Crippen LogP contribution in [0.1, 0.15) is 26.2 Å². The van der Waals surface area contributed by atoms with Gasteiger partial charge >= 0.3 is 5.97 Å². The van der Waals surface area contributed by atoms with E-state index >= 15 is 0 Å². The van der Waals surface area contributed by atoms with Crippen LogP contribution in [0.25, 0.3) is 0 Å². The molecule has 2 fully saturated rings. The molecule has 8 heteroatoms. The lowest BCUT2D eigenvalue weighted by atomic mass is 9.97. The molecule has 0 saturated carbocycles. The maximum absolute atomic E-state index is 13.1. The van der Waals surface area contributed by atoms with Gasteiger partial charge in [0.25, 0.3) is 0 Å². The molecule has 2 saturated heterocycles. The third-order valence-corrected chi connectivity index (χ3v) is 7.19. The predicted molar refractivity (Wildman–Crippen MR) is 107 cm³/mol. The second-order valence-corrected chi connectivity index (χ2v) is 9.69. The van der Waals surface area contributed by atoms with Gasteiger partial charge in [0.2, 0.25) is 5.91 Å². The topological polar surface area (TPSA) is 84.0 Å². The van der Waals surface area contributed by atoms with E-state index < -0.39 is 9.84 Å². The number of hydrogen-bond acceptors (Lipinski definition) is 6. The highest BCUT2D eigenvalue weighted by Gasteiger charge is 2.36. The molecule has 2 heterocycles. The molecule has 0 radical (unpaired) electrons. The lowest BCUT2D eigenvalue weighted by Crippen LogP contribution is -2.48. The summed E-state index contributed by atoms with van der Waals surface area (Å²) in [5.41, 5.74) is 0.732. The van der Waals surface area contributed by atoms with Crippen molar-refractivity contribution in [2.24, 2.45) is 5.92 Å². The number of hydrogen-bond donors (Lipinski definition) is 0. The van der Waals surface area contributed by atoms with Gasteiger partial charge in [-0.25, -0.2) is 8.42 Å². The minimum atomic E-state index is -3.10. The predicted octanol–water partition coefficient (Wildman–Crippen LogP) is 1.48. The zero-order valence-corrected chi connectivity index (χ0v) is 17.1. The van der Waals surface area contributed by atoms with Crippen molar-refractivity contribution in [3.63, 3.8) is 0 Å². The molecule has 0 bridgehead atoms. The van der Waals surface area contributed by atoms with Crippen molar-refractivity contribution in [2.75, 3.05) is 42.6 Å². The SMILES string of the molecule is CCOC(=O)C1CCN(CC(=O)N(c2ccccc2)[C@H]2CCS(=O)(=O)C2)CC1. The Kier molecular flexibility index (Phi) is 6.72. The van der Waals surface area contributed by atoms with Crippen LogP contribution in [0.15, 0.2) is 30.3 Å². The van der Waals surface area contributed by atoms with Crippen LogP contribution in [-0.2, 0) is 24.2 Å². The number of sulfone groups is 1. The molecular weight excluding hydrogens is 380 g/mol. The molecule has 154 valence electrons. The van der Waals surface area contributed by atoms with Gasteiger partial charge in [0, 0.05) is 5.69 Å². The fourth-order valence-corrected chi connectivity index (χ4v) is 5.68. The smallest absolute Gasteiger partial charge is 0.309 e. The van der Waals surface area contributed by atoms with Gasteiger partial charge in [-0.2, -0.15) is 0 Å². The van der Waals surface area contributed by atoms with Crippen molar-refractivity contribution in [1.29, 1.82) is 0 Å². The third kappa shape index (κ3) is 5.11. The summed E-state index contributed by atoms with van der Waals surface area (Å²) in [5.74, 6) is -0.215. The van der Waals surface area contributed by atoms with Crippen molar-refractivity contribution >= 4 is 27.4 Å². The van der Waals surface area contributed by atoms with Crippen molar-refractivity contribution in [1.82, 2.24) is 4.90 Å². The number of anilines is 1. The summed E-state index contributed by atoms with van der Waals surface area (Å²) in [7, 11) is -3.10. The standard InChI is InChI=1S/C20H28N2O5S/c1-2-27-20(24)16-8-11-21(12-9-16)14-19(23)22(17-6-4-3-5-7-17)18-10-13-28(25,26)15-18/h3-7,16,18H,2,8-15H2,1H3/t18-/m0/s1. The maximum atomic E-state index is 13.1. The Hall–Kier alpha value is -1.93. The molecule has 1 aromatic rings. The number of nitrogens with zero attached hydrogens (tertiary/aromatic N) is 2. The van der Waals surface area contributed by atoms with Gasteiger partial charge in [-0.1, -0.05) is 18.2 Å². The van der Waals surface area contributed by atoms with E-state index in [-0.39, 0.29) is 41.9 Å². The summed E-state index contributed by atoms with van der Waals surface area (Å²) in [6, 6.07) is 8.94. The van der Waals surface area contributed by atoms with E-state index in [2.05, 4.69) is 0 Å². The first-order chi connectivity index (χ1) is 13.4. The lowest BCUT2D eigenvalue weighted by molar-refractivity contribution is -0.149. The monoisotopic (exact) mass is 408 g/mol. The van der Waals surface area contributed by atoms with E-state index in [4.69, 9.17) is 4.74 Å². The fourth-order valence-electron chi connectivity index (χ4n) is 3.98. The number of esters is 1. The summed E-state index contributed by atoms with van der Waals surface area (Å²) in [6.07, 6.45) is 1.82. The van der Waals surface area contributed by atoms with Crippen LogP contribution >= 0.6 is 0 Å². The summed E-state index contributed by atoms with van der Waals surface area (Å²) >= 11 is 0. The molecule has 0 unspecified atom stereocenters. The number of piperidine rings is 1. The number of carbonyl (C=O) groups excluding carboxylic acids is 2. The maximum Gasteiger partial charge on any atom is 0.309 e. The van der Waals surface area contributed by atoms with Gasteiger partial charge in [0.15, 0.2) is 9.84 Å². The Bertz CT molecular complexity index is 788. The van der Waals surface area contributed by atoms with E-state index in [0.717, 1.165) is 5.69 Å². The van der Waals surface area contributed by atoms with Crippen LogP contribution in [-0.4, -0.2) is 69.0 Å². The number of amides is 1. The second-order valence-electron chi connectivity index (χ2n) is 7.46. The van der Waals surface area contributed by atoms with Crippen LogP contribution in [0.5, 0.6) is 0 Å². The van der Waals surface area contributed by atoms with Gasteiger partial charge in [0.1, 0.15) is 0 Å². The van der Waals surface area contributed by atoms with Gasteiger partial charge in [0.05, 0.1) is 36.6 Å². The number of likely N-dealkylation sites (tertiary alicyclic amines) is 1. The summed E-state index contributed by atoms with van der Waals surface area (Å²) in [6.45, 7) is 3.71. The highest BCUT2D eigenvalue weighted by Crippen LogP contribution is 2.25. The van der Waals surface area contributed by atoms with Crippen LogP contribution < -0.4 is 4.90 Å². The quantitative estimate of drug-likeness (QED) is 0.663. The average Bonchev–Trinajstić information content (AvgIpc) is 3.03. The van der Waals surface area contributed by atoms with Crippen LogP contribution in [0.2, 0.25) is 0 Å². The average molecular weight is 409 g/mol. The van der Waals surface area contributed by atoms with Crippen molar-refractivity contribution < 1.29 is 22.7 Å². The molecule has 0 spiro atoms. The summed E-state index contributed by atoms with van der Waals surface area (Å²) < 4.78 is 29.0. The molecule has 7 nitrogen and oxygen atoms in total. The lowest BCUT2D eigenvalue weighted by Gasteiger charge is -2.34. The van der Waals surface area contributed by atoms with Crippen molar-refractivity contribution in [3.05, 3.63) is 30.3 Å². The number of ether oxygens (including phenoxy) is 1. The number of carbonyl (C=O) groups is 2. The van der Waals surface area contributed by atoms with Crippen molar-refractivity contribution in [2.45, 2.75) is 32.2 Å². The van der Waals surface area contributed by atoms with E-state index in [1.165, 1.54) is 0 Å². The molecule has 1 atom stereocenters. The van der Waals surface area contributed by atoms with Crippen molar-refractivity contribution in [3.8, 4) is 0 Å². The minimum Gasteiger partial charge on any atom is -0.466 e. The number of para-hydroxylation sites is 1. The molecule has 1 amide bonds. The molecule has 28 heavy (non-hydrogen) atoms. The third-order valence-electron chi connectivity index (χ3n) is 5.44. The number of rotatable bonds is 6. The highest BCUT2D eigenvalue weighted by atomic mass is 32.2. The summed E-state index contributed by atoms with van der Waals surface area (Å²) in [4.78, 5) is 28.7. The normalized spacial score (nSPS) is 22.7. The zero-order chi connectivity index (χ0) is 20.1. The first kappa shape index (κ1) is 20.8. The van der Waals surface area contributed by atoms with Gasteiger partial charge in [-0.15, -0.1) is 0 Å². The first-order valence-corrected chi connectivity index (χ1v) is 11.7. The molecule has 3 rings (SSSR count). The molecule has 0 aromatic heterocycles. The Morgan fingerprint density at radius 2 is 1.82 bits per heavy atom. The van der Waals surface area contributed by atoms with Gasteiger partial charge < -0.3 is 9.64 Å². The Labute approximate surface area is 166 Å². The Morgan fingerprint density at radius 1 is 1.14 bits per heavy atom. The van der Waals surface area contributed by atoms with E-state index in [0.29, 0.717) is 39.0 Å². The van der Waals surface area contributed by atoms with Crippen LogP contribution in [0, 0.1) is 5.92 Å². The number of benzene rings is 1. The Morgan fingerprint density at radius 3 is 2.39 bits per heavy atom. The zero-order valence-electron chi connectivity index (χ0n) is 16.2. The molecular formula is C20H28N2O5S. The Balaban J connectivity index is 1.65. The largest absolute Gasteiger partial charge is 0.466 e. The van der Waals surface area contributed by atoms with E-state index in [9.17, 15) is 18.0 Å². The van der Waals surface area contributed by atoms with Gasteiger partial charge in [-0.05, 0) is 51.4 Å². The van der Waals surface area contributed by atoms with E-state index in [1.807, 2.05) is 35.2 Å². The molecule has 0 aliphatic carbocycles. The van der Waals surface area contributed by atoms with Crippen LogP contribution in [0.4, 0.5) is 5.69 Å². The molecule has 2 aliphatic rings. The minimum absolute atomic E-state index is 0.0125. The summed E-state index contributed by atoms with van der Waals surface area (Å²) in [5, 5.41) is 0. The van der Waals surface area contributed by atoms with Crippen LogP contribution in [0.3, 0.4) is 0 Å². The fraction of sp³-hybridized carbons (Fsp3) is 0.600. The molecule has 1 aromatic carbocycles. The molecule has 2 aliphatic heterocycles. The highest BCUT2D eigenvalue weighted by molar-refractivity contribution is 7.91.